The fourth-order valence-electron chi connectivity index (χ4n) is 1.94. The Bertz CT molecular complexity index is 487. The number of nitrogens with one attached hydrogen (secondary N) is 1. The van der Waals surface area contributed by atoms with Gasteiger partial charge in [0, 0.05) is 18.5 Å². The summed E-state index contributed by atoms with van der Waals surface area (Å²) in [5.41, 5.74) is 1.49. The first-order valence-electron chi connectivity index (χ1n) is 5.99. The monoisotopic (exact) mass is 253 g/mol. The van der Waals surface area contributed by atoms with Gasteiger partial charge in [0.2, 0.25) is 0 Å². The molecule has 0 atom stereocenters. The third kappa shape index (κ3) is 3.00. The third-order valence-corrected chi connectivity index (χ3v) is 4.79. The zero-order chi connectivity index (χ0) is 12.5. The summed E-state index contributed by atoms with van der Waals surface area (Å²) in [5, 5.41) is 3.38. The Hall–Kier alpha value is -1.03. The standard InChI is InChI=1S/C13H19NO2S/c1-3-13(8-9-13)10-14-11-4-6-12(7-5-11)17(2,15)16/h4-7,14H,3,8-10H2,1-2H3. The molecule has 0 spiro atoms. The highest BCUT2D eigenvalue weighted by Gasteiger charge is 2.40. The number of hydrogen-bond donors (Lipinski definition) is 1. The molecule has 1 fully saturated rings. The largest absolute Gasteiger partial charge is 0.384 e. The van der Waals surface area contributed by atoms with Gasteiger partial charge in [0.1, 0.15) is 0 Å². The summed E-state index contributed by atoms with van der Waals surface area (Å²) in [6, 6.07) is 6.98. The van der Waals surface area contributed by atoms with Gasteiger partial charge in [0.25, 0.3) is 0 Å². The molecule has 3 nitrogen and oxygen atoms in total. The van der Waals surface area contributed by atoms with Gasteiger partial charge in [-0.1, -0.05) is 6.92 Å². The molecule has 0 aliphatic heterocycles. The van der Waals surface area contributed by atoms with Crippen molar-refractivity contribution in [3.05, 3.63) is 24.3 Å². The van der Waals surface area contributed by atoms with Crippen LogP contribution in [0.15, 0.2) is 29.2 Å². The maximum atomic E-state index is 11.3. The highest BCUT2D eigenvalue weighted by Crippen LogP contribution is 2.48. The molecule has 1 aliphatic rings. The molecule has 0 radical (unpaired) electrons. The van der Waals surface area contributed by atoms with Crippen molar-refractivity contribution in [2.24, 2.45) is 5.41 Å². The number of anilines is 1. The Kier molecular flexibility index (Phi) is 3.17. The summed E-state index contributed by atoms with van der Waals surface area (Å²) in [7, 11) is -3.08. The van der Waals surface area contributed by atoms with Crippen molar-refractivity contribution in [1.82, 2.24) is 0 Å². The Balaban J connectivity index is 1.99. The van der Waals surface area contributed by atoms with Crippen molar-refractivity contribution in [3.63, 3.8) is 0 Å². The zero-order valence-electron chi connectivity index (χ0n) is 10.4. The minimum absolute atomic E-state index is 0.375. The second kappa shape index (κ2) is 4.33. The molecule has 4 heteroatoms. The van der Waals surface area contributed by atoms with Gasteiger partial charge in [-0.3, -0.25) is 0 Å². The molecular formula is C13H19NO2S. The van der Waals surface area contributed by atoms with Gasteiger partial charge < -0.3 is 5.32 Å². The average molecular weight is 253 g/mol. The first-order chi connectivity index (χ1) is 7.95. The van der Waals surface area contributed by atoms with Crippen LogP contribution < -0.4 is 5.32 Å². The van der Waals surface area contributed by atoms with Gasteiger partial charge in [-0.15, -0.1) is 0 Å². The minimum atomic E-state index is -3.08. The highest BCUT2D eigenvalue weighted by molar-refractivity contribution is 7.90. The molecule has 94 valence electrons. The third-order valence-electron chi connectivity index (χ3n) is 3.66. The lowest BCUT2D eigenvalue weighted by Gasteiger charge is -2.14. The normalized spacial score (nSPS) is 17.8. The molecule has 1 aliphatic carbocycles. The molecule has 1 N–H and O–H groups in total. The van der Waals surface area contributed by atoms with Crippen LogP contribution in [0.25, 0.3) is 0 Å². The topological polar surface area (TPSA) is 46.2 Å². The molecule has 1 aromatic rings. The van der Waals surface area contributed by atoms with Crippen LogP contribution in [0.1, 0.15) is 26.2 Å². The summed E-state index contributed by atoms with van der Waals surface area (Å²) in [6.45, 7) is 3.21. The first kappa shape index (κ1) is 12.4. The van der Waals surface area contributed by atoms with Crippen LogP contribution in [-0.2, 0) is 9.84 Å². The van der Waals surface area contributed by atoms with E-state index in [4.69, 9.17) is 0 Å². The Morgan fingerprint density at radius 2 is 1.82 bits per heavy atom. The van der Waals surface area contributed by atoms with Crippen molar-refractivity contribution in [3.8, 4) is 0 Å². The quantitative estimate of drug-likeness (QED) is 0.877. The molecule has 2 rings (SSSR count). The van der Waals surface area contributed by atoms with Gasteiger partial charge in [0.15, 0.2) is 9.84 Å². The molecule has 0 unspecified atom stereocenters. The van der Waals surface area contributed by atoms with E-state index in [1.54, 1.807) is 12.1 Å². The van der Waals surface area contributed by atoms with Gasteiger partial charge in [-0.2, -0.15) is 0 Å². The van der Waals surface area contributed by atoms with E-state index < -0.39 is 9.84 Å². The number of hydrogen-bond acceptors (Lipinski definition) is 3. The van der Waals surface area contributed by atoms with Crippen LogP contribution in [0.4, 0.5) is 5.69 Å². The van der Waals surface area contributed by atoms with E-state index in [2.05, 4.69) is 12.2 Å². The molecule has 0 amide bonds. The Labute approximate surface area is 103 Å². The van der Waals surface area contributed by atoms with Crippen LogP contribution in [0.2, 0.25) is 0 Å². The van der Waals surface area contributed by atoms with E-state index in [0.29, 0.717) is 10.3 Å². The number of benzene rings is 1. The van der Waals surface area contributed by atoms with Crippen molar-refractivity contribution in [2.75, 3.05) is 18.1 Å². The smallest absolute Gasteiger partial charge is 0.175 e. The molecule has 1 saturated carbocycles. The predicted molar refractivity (Wildman–Crippen MR) is 70.0 cm³/mol. The molecule has 0 bridgehead atoms. The predicted octanol–water partition coefficient (Wildman–Crippen LogP) is 2.69. The van der Waals surface area contributed by atoms with Gasteiger partial charge in [0.05, 0.1) is 4.90 Å². The van der Waals surface area contributed by atoms with Crippen LogP contribution in [0, 0.1) is 5.41 Å². The van der Waals surface area contributed by atoms with Gasteiger partial charge >= 0.3 is 0 Å². The summed E-state index contributed by atoms with van der Waals surface area (Å²) < 4.78 is 22.6. The van der Waals surface area contributed by atoms with Crippen molar-refractivity contribution in [1.29, 1.82) is 0 Å². The summed E-state index contributed by atoms with van der Waals surface area (Å²) in [6.07, 6.45) is 5.04. The van der Waals surface area contributed by atoms with Crippen LogP contribution in [0.3, 0.4) is 0 Å². The van der Waals surface area contributed by atoms with E-state index in [1.807, 2.05) is 12.1 Å². The van der Waals surface area contributed by atoms with Gasteiger partial charge in [-0.25, -0.2) is 8.42 Å². The lowest BCUT2D eigenvalue weighted by molar-refractivity contribution is 0.521. The van der Waals surface area contributed by atoms with Crippen LogP contribution >= 0.6 is 0 Å². The molecule has 1 aromatic carbocycles. The van der Waals surface area contributed by atoms with Crippen molar-refractivity contribution >= 4 is 15.5 Å². The summed E-state index contributed by atoms with van der Waals surface area (Å²) >= 11 is 0. The number of rotatable bonds is 5. The maximum absolute atomic E-state index is 11.3. The van der Waals surface area contributed by atoms with E-state index >= 15 is 0 Å². The SMILES string of the molecule is CCC1(CNc2ccc(S(C)(=O)=O)cc2)CC1. The second-order valence-corrected chi connectivity index (χ2v) is 7.02. The molecule has 0 aromatic heterocycles. The first-order valence-corrected chi connectivity index (χ1v) is 7.88. The average Bonchev–Trinajstić information content (AvgIpc) is 3.06. The summed E-state index contributed by atoms with van der Waals surface area (Å²) in [5.74, 6) is 0. The molecule has 0 heterocycles. The van der Waals surface area contributed by atoms with E-state index in [1.165, 1.54) is 25.5 Å². The minimum Gasteiger partial charge on any atom is -0.384 e. The fourth-order valence-corrected chi connectivity index (χ4v) is 2.57. The molecular weight excluding hydrogens is 234 g/mol. The van der Waals surface area contributed by atoms with Crippen LogP contribution in [-0.4, -0.2) is 21.2 Å². The number of sulfone groups is 1. The highest BCUT2D eigenvalue weighted by atomic mass is 32.2. The van der Waals surface area contributed by atoms with E-state index in [9.17, 15) is 8.42 Å². The lowest BCUT2D eigenvalue weighted by Crippen LogP contribution is -2.14. The van der Waals surface area contributed by atoms with E-state index in [-0.39, 0.29) is 0 Å². The van der Waals surface area contributed by atoms with Crippen molar-refractivity contribution < 1.29 is 8.42 Å². The lowest BCUT2D eigenvalue weighted by atomic mass is 10.0. The van der Waals surface area contributed by atoms with E-state index in [0.717, 1.165) is 12.2 Å². The Morgan fingerprint density at radius 1 is 1.24 bits per heavy atom. The Morgan fingerprint density at radius 3 is 2.24 bits per heavy atom. The van der Waals surface area contributed by atoms with Crippen LogP contribution in [0.5, 0.6) is 0 Å². The molecule has 17 heavy (non-hydrogen) atoms. The molecule has 0 saturated heterocycles. The van der Waals surface area contributed by atoms with Gasteiger partial charge in [-0.05, 0) is 48.9 Å². The fraction of sp³-hybridized carbons (Fsp3) is 0.538. The summed E-state index contributed by atoms with van der Waals surface area (Å²) in [4.78, 5) is 0.375. The maximum Gasteiger partial charge on any atom is 0.175 e. The van der Waals surface area contributed by atoms with Crippen molar-refractivity contribution in [2.45, 2.75) is 31.1 Å². The second-order valence-electron chi connectivity index (χ2n) is 5.00. The zero-order valence-corrected chi connectivity index (χ0v) is 11.2.